The molecule has 6 rings (SSSR count). The third-order valence-corrected chi connectivity index (χ3v) is 6.37. The highest BCUT2D eigenvalue weighted by Crippen LogP contribution is 2.38. The van der Waals surface area contributed by atoms with E-state index in [1.165, 1.54) is 17.2 Å². The second-order valence-corrected chi connectivity index (χ2v) is 8.71. The molecule has 3 aliphatic rings. The minimum Gasteiger partial charge on any atom is -0.363 e. The van der Waals surface area contributed by atoms with Crippen molar-refractivity contribution in [1.29, 1.82) is 0 Å². The molecule has 3 fully saturated rings. The maximum Gasteiger partial charge on any atom is 0.417 e. The van der Waals surface area contributed by atoms with Crippen molar-refractivity contribution in [1.82, 2.24) is 29.9 Å². The van der Waals surface area contributed by atoms with Gasteiger partial charge in [-0.2, -0.15) is 23.4 Å². The highest BCUT2D eigenvalue weighted by molar-refractivity contribution is 5.97. The standard InChI is InChI=1S/C22H21F4N7O/c1-12-6-15(20(28-9-12)33-29-4-5-30-33)21(34)32-11-13-2-3-18(32)17(7-13)31-19-16(23)8-14(10-27-19)22(24,25)26/h4-6,8-10,13,17-18H,2-3,7,11H2,1H3,(H,27,31). The van der Waals surface area contributed by atoms with Crippen LogP contribution in [0.4, 0.5) is 23.4 Å². The lowest BCUT2D eigenvalue weighted by Crippen LogP contribution is -2.60. The van der Waals surface area contributed by atoms with Gasteiger partial charge in [0.05, 0.1) is 29.6 Å². The van der Waals surface area contributed by atoms with Gasteiger partial charge in [0.1, 0.15) is 0 Å². The fourth-order valence-electron chi connectivity index (χ4n) is 4.82. The molecule has 3 atom stereocenters. The first-order valence-corrected chi connectivity index (χ1v) is 10.8. The summed E-state index contributed by atoms with van der Waals surface area (Å²) in [5.41, 5.74) is -0.00214. The molecule has 3 aromatic heterocycles. The Morgan fingerprint density at radius 1 is 1.12 bits per heavy atom. The van der Waals surface area contributed by atoms with Gasteiger partial charge >= 0.3 is 6.18 Å². The van der Waals surface area contributed by atoms with Gasteiger partial charge < -0.3 is 10.2 Å². The van der Waals surface area contributed by atoms with E-state index in [0.29, 0.717) is 43.0 Å². The quantitative estimate of drug-likeness (QED) is 0.580. The van der Waals surface area contributed by atoms with E-state index >= 15 is 0 Å². The number of amides is 1. The molecule has 178 valence electrons. The Morgan fingerprint density at radius 3 is 2.56 bits per heavy atom. The molecule has 3 unspecified atom stereocenters. The third kappa shape index (κ3) is 4.08. The van der Waals surface area contributed by atoms with E-state index in [1.54, 1.807) is 17.2 Å². The topological polar surface area (TPSA) is 88.8 Å². The van der Waals surface area contributed by atoms with Crippen molar-refractivity contribution < 1.29 is 22.4 Å². The second kappa shape index (κ2) is 8.33. The molecule has 1 aliphatic carbocycles. The first-order valence-electron chi connectivity index (χ1n) is 10.8. The number of nitrogens with one attached hydrogen (secondary N) is 1. The zero-order valence-electron chi connectivity index (χ0n) is 18.1. The number of alkyl halides is 3. The molecule has 34 heavy (non-hydrogen) atoms. The first-order chi connectivity index (χ1) is 16.2. The van der Waals surface area contributed by atoms with Crippen LogP contribution in [0.15, 0.2) is 36.9 Å². The van der Waals surface area contributed by atoms with Crippen molar-refractivity contribution >= 4 is 11.7 Å². The molecule has 1 saturated carbocycles. The number of aryl methyl sites for hydroxylation is 1. The number of anilines is 1. The van der Waals surface area contributed by atoms with Gasteiger partial charge in [-0.3, -0.25) is 4.79 Å². The van der Waals surface area contributed by atoms with Crippen LogP contribution in [0, 0.1) is 18.7 Å². The van der Waals surface area contributed by atoms with E-state index in [2.05, 4.69) is 25.5 Å². The molecule has 0 spiro atoms. The minimum absolute atomic E-state index is 0.174. The van der Waals surface area contributed by atoms with Crippen LogP contribution in [-0.4, -0.2) is 54.4 Å². The second-order valence-electron chi connectivity index (χ2n) is 8.71. The van der Waals surface area contributed by atoms with Gasteiger partial charge in [0, 0.05) is 25.0 Å². The number of nitrogens with zero attached hydrogens (tertiary/aromatic N) is 6. The summed E-state index contributed by atoms with van der Waals surface area (Å²) in [5, 5.41) is 11.1. The third-order valence-electron chi connectivity index (χ3n) is 6.37. The summed E-state index contributed by atoms with van der Waals surface area (Å²) in [6.45, 7) is 2.36. The Bertz CT molecular complexity index is 1210. The Hall–Kier alpha value is -3.57. The predicted molar refractivity (Wildman–Crippen MR) is 113 cm³/mol. The number of carbonyl (C=O) groups excluding carboxylic acids is 1. The molecule has 0 radical (unpaired) electrons. The van der Waals surface area contributed by atoms with E-state index in [9.17, 15) is 22.4 Å². The summed E-state index contributed by atoms with van der Waals surface area (Å²) in [7, 11) is 0. The molecule has 2 aliphatic heterocycles. The van der Waals surface area contributed by atoms with E-state index in [4.69, 9.17) is 0 Å². The van der Waals surface area contributed by atoms with Crippen molar-refractivity contribution in [3.8, 4) is 5.82 Å². The number of carbonyl (C=O) groups is 1. The van der Waals surface area contributed by atoms with E-state index in [-0.39, 0.29) is 29.7 Å². The number of hydrogen-bond donors (Lipinski definition) is 1. The van der Waals surface area contributed by atoms with E-state index in [0.717, 1.165) is 12.0 Å². The Kier molecular flexibility index (Phi) is 5.45. The molecular formula is C22H21F4N7O. The van der Waals surface area contributed by atoms with Gasteiger partial charge in [-0.25, -0.2) is 14.4 Å². The molecule has 8 nitrogen and oxygen atoms in total. The largest absolute Gasteiger partial charge is 0.417 e. The number of fused-ring (bicyclic) bond motifs is 3. The van der Waals surface area contributed by atoms with E-state index in [1.807, 2.05) is 6.92 Å². The van der Waals surface area contributed by atoms with Crippen LogP contribution in [0.2, 0.25) is 0 Å². The lowest BCUT2D eigenvalue weighted by molar-refractivity contribution is -0.138. The van der Waals surface area contributed by atoms with Gasteiger partial charge in [0.15, 0.2) is 17.5 Å². The number of hydrogen-bond acceptors (Lipinski definition) is 6. The van der Waals surface area contributed by atoms with Crippen LogP contribution in [0.3, 0.4) is 0 Å². The van der Waals surface area contributed by atoms with Crippen molar-refractivity contribution in [3.63, 3.8) is 0 Å². The van der Waals surface area contributed by atoms with E-state index < -0.39 is 17.6 Å². The zero-order chi connectivity index (χ0) is 24.0. The number of halogens is 4. The molecule has 2 bridgehead atoms. The van der Waals surface area contributed by atoms with Crippen molar-refractivity contribution in [2.24, 2.45) is 5.92 Å². The number of pyridine rings is 2. The summed E-state index contributed by atoms with van der Waals surface area (Å²) < 4.78 is 53.0. The van der Waals surface area contributed by atoms with Crippen LogP contribution >= 0.6 is 0 Å². The summed E-state index contributed by atoms with van der Waals surface area (Å²) in [4.78, 5) is 24.7. The average Bonchev–Trinajstić information content (AvgIpc) is 3.34. The molecule has 0 aromatic carbocycles. The highest BCUT2D eigenvalue weighted by Gasteiger charge is 2.44. The van der Waals surface area contributed by atoms with Gasteiger partial charge in [-0.15, -0.1) is 4.80 Å². The smallest absolute Gasteiger partial charge is 0.363 e. The zero-order valence-corrected chi connectivity index (χ0v) is 18.1. The summed E-state index contributed by atoms with van der Waals surface area (Å²) in [6.07, 6.45) is 2.80. The van der Waals surface area contributed by atoms with Crippen LogP contribution in [0.5, 0.6) is 0 Å². The van der Waals surface area contributed by atoms with Crippen molar-refractivity contribution in [3.05, 3.63) is 59.4 Å². The van der Waals surface area contributed by atoms with Crippen molar-refractivity contribution in [2.45, 2.75) is 44.4 Å². The van der Waals surface area contributed by atoms with Crippen molar-refractivity contribution in [2.75, 3.05) is 11.9 Å². The molecule has 2 saturated heterocycles. The maximum atomic E-state index is 14.4. The normalized spacial score (nSPS) is 22.1. The summed E-state index contributed by atoms with van der Waals surface area (Å²) >= 11 is 0. The molecule has 3 aromatic rings. The van der Waals surface area contributed by atoms with Crippen LogP contribution in [-0.2, 0) is 6.18 Å². The lowest BCUT2D eigenvalue weighted by Gasteiger charge is -2.50. The highest BCUT2D eigenvalue weighted by atomic mass is 19.4. The minimum atomic E-state index is -4.68. The summed E-state index contributed by atoms with van der Waals surface area (Å²) in [6, 6.07) is 1.54. The van der Waals surface area contributed by atoms with Crippen LogP contribution in [0.1, 0.15) is 40.7 Å². The van der Waals surface area contributed by atoms with Gasteiger partial charge in [0.2, 0.25) is 0 Å². The van der Waals surface area contributed by atoms with Gasteiger partial charge in [0.25, 0.3) is 5.91 Å². The number of piperidine rings is 2. The maximum absolute atomic E-state index is 14.4. The number of rotatable bonds is 4. The van der Waals surface area contributed by atoms with Gasteiger partial charge in [-0.1, -0.05) is 0 Å². The Labute approximate surface area is 192 Å². The predicted octanol–water partition coefficient (Wildman–Crippen LogP) is 3.63. The first kappa shape index (κ1) is 22.2. The van der Waals surface area contributed by atoms with Crippen LogP contribution < -0.4 is 5.32 Å². The Balaban J connectivity index is 1.42. The fourth-order valence-corrected chi connectivity index (χ4v) is 4.82. The van der Waals surface area contributed by atoms with Crippen LogP contribution in [0.25, 0.3) is 5.82 Å². The SMILES string of the molecule is Cc1cnc(-n2nccn2)c(C(=O)N2CC3CCC2C(Nc2ncc(C(F)(F)F)cc2F)C3)c1. The van der Waals surface area contributed by atoms with Gasteiger partial charge in [-0.05, 0) is 49.8 Å². The molecule has 1 amide bonds. The monoisotopic (exact) mass is 475 g/mol. The Morgan fingerprint density at radius 2 is 1.88 bits per heavy atom. The molecule has 5 heterocycles. The molecule has 12 heteroatoms. The summed E-state index contributed by atoms with van der Waals surface area (Å²) in [5.74, 6) is -1.10. The molecular weight excluding hydrogens is 454 g/mol. The lowest BCUT2D eigenvalue weighted by atomic mass is 9.76. The molecule has 1 N–H and O–H groups in total. The number of aromatic nitrogens is 5. The fraction of sp³-hybridized carbons (Fsp3) is 0.409. The average molecular weight is 475 g/mol.